The molecule has 10 heavy (non-hydrogen) atoms. The molecule has 0 aromatic rings. The quantitative estimate of drug-likeness (QED) is 0.632. The van der Waals surface area contributed by atoms with Crippen LogP contribution in [0.25, 0.3) is 0 Å². The number of alkyl halides is 1. The van der Waals surface area contributed by atoms with Crippen LogP contribution in [0, 0.1) is 0 Å². The van der Waals surface area contributed by atoms with Crippen LogP contribution < -0.4 is 0 Å². The zero-order valence-electron chi connectivity index (χ0n) is 6.48. The van der Waals surface area contributed by atoms with Gasteiger partial charge in [-0.05, 0) is 25.7 Å². The van der Waals surface area contributed by atoms with Crippen LogP contribution in [0.3, 0.4) is 0 Å². The summed E-state index contributed by atoms with van der Waals surface area (Å²) in [6, 6.07) is 0. The average molecular weight is 207 g/mol. The maximum Gasteiger partial charge on any atom is 0.0585 e. The highest BCUT2D eigenvalue weighted by Crippen LogP contribution is 2.19. The molecule has 1 fully saturated rings. The predicted molar refractivity (Wildman–Crippen MR) is 46.6 cm³/mol. The van der Waals surface area contributed by atoms with E-state index in [0.717, 1.165) is 6.61 Å². The van der Waals surface area contributed by atoms with Gasteiger partial charge >= 0.3 is 0 Å². The van der Waals surface area contributed by atoms with Crippen LogP contribution in [0.1, 0.15) is 32.6 Å². The lowest BCUT2D eigenvalue weighted by Crippen LogP contribution is -2.21. The van der Waals surface area contributed by atoms with E-state index in [1.165, 1.54) is 25.7 Å². The molecule has 0 radical (unpaired) electrons. The first-order chi connectivity index (χ1) is 4.79. The van der Waals surface area contributed by atoms with E-state index in [9.17, 15) is 0 Å². The average Bonchev–Trinajstić information content (AvgIpc) is 1.88. The van der Waals surface area contributed by atoms with Crippen LogP contribution in [0.15, 0.2) is 0 Å². The third-order valence-electron chi connectivity index (χ3n) is 1.86. The zero-order valence-corrected chi connectivity index (χ0v) is 8.06. The van der Waals surface area contributed by atoms with Gasteiger partial charge in [0.05, 0.1) is 6.10 Å². The monoisotopic (exact) mass is 206 g/mol. The largest absolute Gasteiger partial charge is 0.378 e. The van der Waals surface area contributed by atoms with E-state index in [1.54, 1.807) is 0 Å². The molecule has 0 N–H and O–H groups in total. The second-order valence-electron chi connectivity index (χ2n) is 3.01. The normalized spacial score (nSPS) is 30.0. The van der Waals surface area contributed by atoms with E-state index in [4.69, 9.17) is 4.74 Å². The predicted octanol–water partition coefficient (Wildman–Crippen LogP) is 2.73. The van der Waals surface area contributed by atoms with E-state index >= 15 is 0 Å². The Balaban J connectivity index is 2.13. The molecule has 2 unspecified atom stereocenters. The molecule has 2 atom stereocenters. The maximum atomic E-state index is 5.56. The summed E-state index contributed by atoms with van der Waals surface area (Å²) in [5.41, 5.74) is 0. The highest BCUT2D eigenvalue weighted by Gasteiger charge is 2.14. The Bertz CT molecular complexity index is 87.3. The summed E-state index contributed by atoms with van der Waals surface area (Å²) in [5, 5.41) is 0. The topological polar surface area (TPSA) is 9.23 Å². The second kappa shape index (κ2) is 4.35. The Kier molecular flexibility index (Phi) is 3.71. The number of hydrogen-bond donors (Lipinski definition) is 0. The first-order valence-electron chi connectivity index (χ1n) is 4.04. The highest BCUT2D eigenvalue weighted by molar-refractivity contribution is 9.09. The van der Waals surface area contributed by atoms with Crippen molar-refractivity contribution in [2.45, 2.75) is 43.5 Å². The minimum atomic E-state index is 0.531. The molecule has 1 nitrogen and oxygen atoms in total. The molecule has 1 rings (SSSR count). The van der Waals surface area contributed by atoms with Gasteiger partial charge in [0.25, 0.3) is 0 Å². The Morgan fingerprint density at radius 1 is 1.60 bits per heavy atom. The lowest BCUT2D eigenvalue weighted by Gasteiger charge is -2.23. The summed E-state index contributed by atoms with van der Waals surface area (Å²) in [6.07, 6.45) is 5.57. The molecule has 0 saturated carbocycles. The van der Waals surface area contributed by atoms with Crippen molar-refractivity contribution in [2.24, 2.45) is 0 Å². The number of hydrogen-bond acceptors (Lipinski definition) is 1. The number of ether oxygens (including phenoxy) is 1. The molecule has 1 aliphatic rings. The minimum Gasteiger partial charge on any atom is -0.378 e. The molecule has 0 spiro atoms. The van der Waals surface area contributed by atoms with E-state index in [1.807, 2.05) is 0 Å². The van der Waals surface area contributed by atoms with Gasteiger partial charge in [0, 0.05) is 11.4 Å². The summed E-state index contributed by atoms with van der Waals surface area (Å²) in [5.74, 6) is 0. The van der Waals surface area contributed by atoms with Gasteiger partial charge in [-0.3, -0.25) is 0 Å². The molecule has 2 heteroatoms. The summed E-state index contributed by atoms with van der Waals surface area (Å²) in [7, 11) is 0. The van der Waals surface area contributed by atoms with Crippen LogP contribution in [-0.2, 0) is 4.74 Å². The van der Waals surface area contributed by atoms with Crippen molar-refractivity contribution in [1.82, 2.24) is 0 Å². The van der Waals surface area contributed by atoms with Gasteiger partial charge in [-0.1, -0.05) is 22.9 Å². The smallest absolute Gasteiger partial charge is 0.0585 e. The fraction of sp³-hybridized carbons (Fsp3) is 1.00. The minimum absolute atomic E-state index is 0.531. The molecule has 1 aliphatic heterocycles. The van der Waals surface area contributed by atoms with Crippen molar-refractivity contribution in [2.75, 3.05) is 6.61 Å². The van der Waals surface area contributed by atoms with Crippen molar-refractivity contribution in [3.63, 3.8) is 0 Å². The first-order valence-corrected chi connectivity index (χ1v) is 4.96. The number of rotatable bonds is 2. The lowest BCUT2D eigenvalue weighted by atomic mass is 10.1. The molecular formula is C8H15BrO. The van der Waals surface area contributed by atoms with E-state index in [-0.39, 0.29) is 0 Å². The van der Waals surface area contributed by atoms with Crippen molar-refractivity contribution < 1.29 is 4.74 Å². The summed E-state index contributed by atoms with van der Waals surface area (Å²) >= 11 is 3.53. The van der Waals surface area contributed by atoms with E-state index in [0.29, 0.717) is 10.9 Å². The summed E-state index contributed by atoms with van der Waals surface area (Å²) < 4.78 is 5.56. The van der Waals surface area contributed by atoms with Gasteiger partial charge in [0.2, 0.25) is 0 Å². The maximum absolute atomic E-state index is 5.56. The molecule has 0 aliphatic carbocycles. The molecule has 0 aromatic heterocycles. The van der Waals surface area contributed by atoms with Crippen LogP contribution in [0.4, 0.5) is 0 Å². The van der Waals surface area contributed by atoms with E-state index < -0.39 is 0 Å². The van der Waals surface area contributed by atoms with Gasteiger partial charge < -0.3 is 4.74 Å². The first kappa shape index (κ1) is 8.54. The Morgan fingerprint density at radius 2 is 2.40 bits per heavy atom. The lowest BCUT2D eigenvalue weighted by molar-refractivity contribution is 0.0120. The highest BCUT2D eigenvalue weighted by atomic mass is 79.9. The third kappa shape index (κ3) is 3.02. The summed E-state index contributed by atoms with van der Waals surface area (Å²) in [6.45, 7) is 3.16. The van der Waals surface area contributed by atoms with Crippen LogP contribution in [0.2, 0.25) is 0 Å². The fourth-order valence-corrected chi connectivity index (χ4v) is 1.77. The van der Waals surface area contributed by atoms with E-state index in [2.05, 4.69) is 22.9 Å². The molecule has 1 heterocycles. The van der Waals surface area contributed by atoms with Crippen molar-refractivity contribution in [3.8, 4) is 0 Å². The standard InChI is InChI=1S/C8H15BrO/c1-7(9)6-8-4-2-3-5-10-8/h7-8H,2-6H2,1H3. The molecule has 0 amide bonds. The van der Waals surface area contributed by atoms with Crippen LogP contribution >= 0.6 is 15.9 Å². The molecule has 60 valence electrons. The SMILES string of the molecule is CC(Br)CC1CCCCO1. The molecule has 0 aromatic carbocycles. The fourth-order valence-electron chi connectivity index (χ4n) is 1.36. The van der Waals surface area contributed by atoms with Gasteiger partial charge in [-0.15, -0.1) is 0 Å². The molecule has 1 saturated heterocycles. The van der Waals surface area contributed by atoms with Crippen molar-refractivity contribution >= 4 is 15.9 Å². The third-order valence-corrected chi connectivity index (χ3v) is 2.24. The van der Waals surface area contributed by atoms with Gasteiger partial charge in [-0.2, -0.15) is 0 Å². The molecular weight excluding hydrogens is 192 g/mol. The molecule has 0 bridgehead atoms. The Morgan fingerprint density at radius 3 is 2.90 bits per heavy atom. The Labute approximate surface area is 71.3 Å². The van der Waals surface area contributed by atoms with Crippen LogP contribution in [0.5, 0.6) is 0 Å². The number of halogens is 1. The van der Waals surface area contributed by atoms with Crippen molar-refractivity contribution in [3.05, 3.63) is 0 Å². The van der Waals surface area contributed by atoms with Crippen LogP contribution in [-0.4, -0.2) is 17.5 Å². The zero-order chi connectivity index (χ0) is 7.40. The van der Waals surface area contributed by atoms with Crippen molar-refractivity contribution in [1.29, 1.82) is 0 Å². The van der Waals surface area contributed by atoms with Gasteiger partial charge in [0.15, 0.2) is 0 Å². The van der Waals surface area contributed by atoms with Gasteiger partial charge in [0.1, 0.15) is 0 Å². The second-order valence-corrected chi connectivity index (χ2v) is 4.57. The van der Waals surface area contributed by atoms with Gasteiger partial charge in [-0.25, -0.2) is 0 Å². The Hall–Kier alpha value is 0.440. The summed E-state index contributed by atoms with van der Waals surface area (Å²) in [4.78, 5) is 0.607.